The van der Waals surface area contributed by atoms with Crippen LogP contribution in [0.25, 0.3) is 0 Å². The Morgan fingerprint density at radius 3 is 2.50 bits per heavy atom. The lowest BCUT2D eigenvalue weighted by Gasteiger charge is -2.58. The second kappa shape index (κ2) is 7.25. The number of ether oxygens (including phenoxy) is 1. The molecule has 28 heavy (non-hydrogen) atoms. The molecule has 6 heteroatoms. The maximum Gasteiger partial charge on any atom is 0.233 e. The molecule has 0 aromatic carbocycles. The molecule has 3 rings (SSSR count). The Bertz CT molecular complexity index is 778. The van der Waals surface area contributed by atoms with E-state index in [9.17, 15) is 24.9 Å². The van der Waals surface area contributed by atoms with E-state index < -0.39 is 40.5 Å². The largest absolute Gasteiger partial charge is 0.507 e. The summed E-state index contributed by atoms with van der Waals surface area (Å²) in [5.41, 5.74) is -0.978. The third kappa shape index (κ3) is 2.73. The van der Waals surface area contributed by atoms with Crippen LogP contribution in [0.4, 0.5) is 0 Å². The highest BCUT2D eigenvalue weighted by atomic mass is 16.5. The number of aliphatic hydroxyl groups is 3. The van der Waals surface area contributed by atoms with Gasteiger partial charge >= 0.3 is 0 Å². The number of carbonyl (C=O) groups is 2. The van der Waals surface area contributed by atoms with Gasteiger partial charge in [0.1, 0.15) is 11.9 Å². The molecule has 154 valence electrons. The van der Waals surface area contributed by atoms with E-state index >= 15 is 0 Å². The maximum atomic E-state index is 13.2. The Kier molecular flexibility index (Phi) is 5.42. The van der Waals surface area contributed by atoms with Crippen molar-refractivity contribution in [2.45, 2.75) is 58.7 Å². The van der Waals surface area contributed by atoms with E-state index in [1.165, 1.54) is 6.08 Å². The summed E-state index contributed by atoms with van der Waals surface area (Å²) < 4.78 is 5.80. The van der Waals surface area contributed by atoms with Crippen LogP contribution in [0.15, 0.2) is 35.1 Å². The summed E-state index contributed by atoms with van der Waals surface area (Å²) in [5.74, 6) is -2.11. The minimum atomic E-state index is -1.02. The zero-order valence-electron chi connectivity index (χ0n) is 16.8. The molecule has 0 aliphatic heterocycles. The van der Waals surface area contributed by atoms with Crippen molar-refractivity contribution in [3.05, 3.63) is 35.1 Å². The average molecular weight is 390 g/mol. The molecule has 0 bridgehead atoms. The molecule has 0 amide bonds. The summed E-state index contributed by atoms with van der Waals surface area (Å²) in [6.45, 7) is 9.26. The maximum absolute atomic E-state index is 13.2. The van der Waals surface area contributed by atoms with Gasteiger partial charge in [0.25, 0.3) is 0 Å². The molecule has 1 fully saturated rings. The quantitative estimate of drug-likeness (QED) is 0.378. The molecule has 3 N–H and O–H groups in total. The zero-order valence-corrected chi connectivity index (χ0v) is 16.8. The first-order valence-electron chi connectivity index (χ1n) is 9.95. The standard InChI is InChI=1S/C22H30O6/c1-5-8-12-15(24)13-14(17(26)16(12)25)22(4)10-7-9-21(3,11-23)20(22)18(27)19(13)28-6-2/h5,18-20,23-24,27H,1,6-11H2,2-4H3/t18-,19+,20+,21-,22-/m1/s1. The zero-order chi connectivity index (χ0) is 20.9. The van der Waals surface area contributed by atoms with Gasteiger partial charge in [-0.2, -0.15) is 0 Å². The number of carbonyl (C=O) groups excluding carboxylic acids is 2. The second-order valence-electron chi connectivity index (χ2n) is 8.69. The Balaban J connectivity index is 2.32. The molecule has 0 heterocycles. The average Bonchev–Trinajstić information content (AvgIpc) is 2.65. The van der Waals surface area contributed by atoms with Gasteiger partial charge in [-0.15, -0.1) is 6.58 Å². The van der Waals surface area contributed by atoms with Gasteiger partial charge < -0.3 is 20.1 Å². The van der Waals surface area contributed by atoms with Gasteiger partial charge in [0.2, 0.25) is 11.6 Å². The van der Waals surface area contributed by atoms with E-state index in [0.717, 1.165) is 6.42 Å². The van der Waals surface area contributed by atoms with Crippen molar-refractivity contribution in [2.75, 3.05) is 13.2 Å². The summed E-state index contributed by atoms with van der Waals surface area (Å²) >= 11 is 0. The molecular formula is C22H30O6. The Morgan fingerprint density at radius 2 is 1.93 bits per heavy atom. The first-order valence-corrected chi connectivity index (χ1v) is 9.95. The number of hydrogen-bond acceptors (Lipinski definition) is 6. The van der Waals surface area contributed by atoms with Gasteiger partial charge in [-0.1, -0.05) is 26.3 Å². The highest BCUT2D eigenvalue weighted by molar-refractivity contribution is 6.50. The number of fused-ring (bicyclic) bond motifs is 2. The lowest BCUT2D eigenvalue weighted by Crippen LogP contribution is -2.61. The van der Waals surface area contributed by atoms with E-state index in [-0.39, 0.29) is 42.1 Å². The van der Waals surface area contributed by atoms with Crippen LogP contribution in [-0.2, 0) is 14.3 Å². The summed E-state index contributed by atoms with van der Waals surface area (Å²) in [4.78, 5) is 26.0. The SMILES string of the molecule is C=CCC1=C(O)C2=C(C(=O)C1=O)[C@@]1(C)CCC[C@](C)(CO)[C@@H]1[C@H](O)[C@H]2OCC. The van der Waals surface area contributed by atoms with E-state index in [4.69, 9.17) is 4.74 Å². The number of allylic oxidation sites excluding steroid dienone is 3. The number of hydrogen-bond donors (Lipinski definition) is 3. The fraction of sp³-hybridized carbons (Fsp3) is 0.636. The number of aliphatic hydroxyl groups excluding tert-OH is 3. The molecule has 0 aromatic rings. The smallest absolute Gasteiger partial charge is 0.233 e. The molecule has 0 aromatic heterocycles. The Morgan fingerprint density at radius 1 is 1.25 bits per heavy atom. The van der Waals surface area contributed by atoms with E-state index in [1.54, 1.807) is 6.92 Å². The van der Waals surface area contributed by atoms with Crippen molar-refractivity contribution in [3.8, 4) is 0 Å². The number of rotatable bonds is 5. The van der Waals surface area contributed by atoms with Gasteiger partial charge in [0, 0.05) is 41.3 Å². The van der Waals surface area contributed by atoms with Crippen molar-refractivity contribution >= 4 is 11.6 Å². The monoisotopic (exact) mass is 390 g/mol. The Hall–Kier alpha value is -1.76. The summed E-state index contributed by atoms with van der Waals surface area (Å²) in [5, 5.41) is 32.4. The highest BCUT2D eigenvalue weighted by Gasteiger charge is 2.62. The van der Waals surface area contributed by atoms with E-state index in [0.29, 0.717) is 12.8 Å². The summed E-state index contributed by atoms with van der Waals surface area (Å²) in [6.07, 6.45) is 1.62. The van der Waals surface area contributed by atoms with Crippen molar-refractivity contribution < 1.29 is 29.6 Å². The fourth-order valence-electron chi connectivity index (χ4n) is 5.83. The molecule has 0 unspecified atom stereocenters. The number of ketones is 2. The molecule has 0 radical (unpaired) electrons. The van der Waals surface area contributed by atoms with Gasteiger partial charge in [-0.3, -0.25) is 9.59 Å². The Labute approximate surface area is 165 Å². The predicted molar refractivity (Wildman–Crippen MR) is 104 cm³/mol. The van der Waals surface area contributed by atoms with Crippen LogP contribution in [0.1, 0.15) is 46.5 Å². The van der Waals surface area contributed by atoms with Gasteiger partial charge in [0.15, 0.2) is 0 Å². The molecule has 3 aliphatic rings. The molecule has 1 saturated carbocycles. The third-order valence-electron chi connectivity index (χ3n) is 6.96. The van der Waals surface area contributed by atoms with Crippen LogP contribution in [0.5, 0.6) is 0 Å². The van der Waals surface area contributed by atoms with E-state index in [1.807, 2.05) is 13.8 Å². The lowest BCUT2D eigenvalue weighted by molar-refractivity contribution is -0.154. The normalized spacial score (nSPS) is 38.4. The molecule has 3 aliphatic carbocycles. The molecular weight excluding hydrogens is 360 g/mol. The van der Waals surface area contributed by atoms with Crippen LogP contribution in [0.2, 0.25) is 0 Å². The van der Waals surface area contributed by atoms with Gasteiger partial charge in [-0.05, 0) is 31.6 Å². The van der Waals surface area contributed by atoms with Crippen LogP contribution < -0.4 is 0 Å². The predicted octanol–water partition coefficient (Wildman–Crippen LogP) is 2.41. The van der Waals surface area contributed by atoms with Gasteiger partial charge in [-0.25, -0.2) is 0 Å². The minimum Gasteiger partial charge on any atom is -0.507 e. The molecule has 6 nitrogen and oxygen atoms in total. The lowest BCUT2D eigenvalue weighted by atomic mass is 9.47. The minimum absolute atomic E-state index is 0.00145. The summed E-state index contributed by atoms with van der Waals surface area (Å²) in [7, 11) is 0. The van der Waals surface area contributed by atoms with Crippen LogP contribution in [0, 0.1) is 16.7 Å². The van der Waals surface area contributed by atoms with Crippen molar-refractivity contribution in [2.24, 2.45) is 16.7 Å². The topological polar surface area (TPSA) is 104 Å². The third-order valence-corrected chi connectivity index (χ3v) is 6.96. The first kappa shape index (κ1) is 21.0. The second-order valence-corrected chi connectivity index (χ2v) is 8.69. The van der Waals surface area contributed by atoms with Crippen molar-refractivity contribution in [3.63, 3.8) is 0 Å². The molecule has 5 atom stereocenters. The van der Waals surface area contributed by atoms with Crippen molar-refractivity contribution in [1.29, 1.82) is 0 Å². The molecule has 0 saturated heterocycles. The highest BCUT2D eigenvalue weighted by Crippen LogP contribution is 2.61. The first-order chi connectivity index (χ1) is 13.2. The van der Waals surface area contributed by atoms with Crippen molar-refractivity contribution in [1.82, 2.24) is 0 Å². The fourth-order valence-corrected chi connectivity index (χ4v) is 5.83. The summed E-state index contributed by atoms with van der Waals surface area (Å²) in [6, 6.07) is 0. The van der Waals surface area contributed by atoms with Crippen LogP contribution >= 0.6 is 0 Å². The van der Waals surface area contributed by atoms with Crippen LogP contribution in [0.3, 0.4) is 0 Å². The number of Topliss-reactive ketones (excluding diaryl/α,β-unsaturated/α-hetero) is 2. The molecule has 0 spiro atoms. The van der Waals surface area contributed by atoms with E-state index in [2.05, 4.69) is 6.58 Å². The van der Waals surface area contributed by atoms with Gasteiger partial charge in [0.05, 0.1) is 6.10 Å². The van der Waals surface area contributed by atoms with Crippen LogP contribution in [-0.4, -0.2) is 52.3 Å².